The lowest BCUT2D eigenvalue weighted by Gasteiger charge is -2.25. The van der Waals surface area contributed by atoms with Gasteiger partial charge in [0.05, 0.1) is 50.7 Å². The average molecular weight is 608 g/mol. The number of aliphatic carboxylic acids is 1. The monoisotopic (exact) mass is 607 g/mol. The van der Waals surface area contributed by atoms with Crippen LogP contribution in [0.3, 0.4) is 0 Å². The number of rotatable bonds is 7. The second-order valence-corrected chi connectivity index (χ2v) is 9.84. The molecular weight excluding hydrogens is 579 g/mol. The summed E-state index contributed by atoms with van der Waals surface area (Å²) < 4.78 is 50.3. The summed E-state index contributed by atoms with van der Waals surface area (Å²) in [5.74, 6) is 1.32. The Morgan fingerprint density at radius 2 is 1.75 bits per heavy atom. The maximum atomic E-state index is 10.6. The number of nitrogens with one attached hydrogen (secondary N) is 1. The van der Waals surface area contributed by atoms with Gasteiger partial charge in [-0.15, -0.1) is 0 Å². The van der Waals surface area contributed by atoms with Crippen molar-refractivity contribution in [3.8, 4) is 17.2 Å². The molecule has 2 N–H and O–H groups in total. The van der Waals surface area contributed by atoms with Crippen molar-refractivity contribution in [3.63, 3.8) is 0 Å². The number of halogens is 3. The van der Waals surface area contributed by atoms with E-state index in [1.165, 1.54) is 0 Å². The summed E-state index contributed by atoms with van der Waals surface area (Å²) in [5, 5.41) is 16.1. The number of carbonyl (C=O) groups is 1. The van der Waals surface area contributed by atoms with Crippen LogP contribution in [-0.4, -0.2) is 57.8 Å². The Bertz CT molecular complexity index is 1760. The molecule has 1 aliphatic heterocycles. The molecule has 13 heteroatoms. The molecule has 2 aromatic heterocycles. The Morgan fingerprint density at radius 1 is 1.05 bits per heavy atom. The molecule has 0 aliphatic carbocycles. The van der Waals surface area contributed by atoms with Gasteiger partial charge in [0.15, 0.2) is 0 Å². The van der Waals surface area contributed by atoms with Crippen molar-refractivity contribution >= 4 is 28.4 Å². The predicted octanol–water partition coefficient (Wildman–Crippen LogP) is 5.99. The van der Waals surface area contributed by atoms with Crippen molar-refractivity contribution < 1.29 is 37.3 Å². The van der Waals surface area contributed by atoms with Crippen LogP contribution in [0.15, 0.2) is 79.1 Å². The molecule has 10 nitrogen and oxygen atoms in total. The van der Waals surface area contributed by atoms with Crippen molar-refractivity contribution in [2.45, 2.75) is 25.1 Å². The lowest BCUT2D eigenvalue weighted by molar-refractivity contribution is -0.192. The van der Waals surface area contributed by atoms with E-state index in [9.17, 15) is 13.2 Å². The highest BCUT2D eigenvalue weighted by Gasteiger charge is 2.38. The number of hydrogen-bond acceptors (Lipinski definition) is 8. The molecule has 1 unspecified atom stereocenters. The smallest absolute Gasteiger partial charge is 0.490 e. The largest absolute Gasteiger partial charge is 0.497 e. The Hall–Kier alpha value is -5.33. The first-order valence-corrected chi connectivity index (χ1v) is 13.4. The number of benzene rings is 3. The molecule has 0 saturated carbocycles. The molecule has 0 fully saturated rings. The van der Waals surface area contributed by atoms with Crippen molar-refractivity contribution in [2.24, 2.45) is 0 Å². The van der Waals surface area contributed by atoms with E-state index >= 15 is 0 Å². The number of alkyl halides is 3. The molecule has 0 bridgehead atoms. The van der Waals surface area contributed by atoms with Crippen LogP contribution >= 0.6 is 0 Å². The second kappa shape index (κ2) is 12.9. The lowest BCUT2D eigenvalue weighted by Crippen LogP contribution is -2.21. The second-order valence-electron chi connectivity index (χ2n) is 9.84. The Balaban J connectivity index is 0.000000493. The molecule has 1 aliphatic rings. The van der Waals surface area contributed by atoms with Gasteiger partial charge in [0.25, 0.3) is 0 Å². The number of anilines is 2. The van der Waals surface area contributed by atoms with Crippen LogP contribution in [0.5, 0.6) is 17.2 Å². The summed E-state index contributed by atoms with van der Waals surface area (Å²) >= 11 is 0. The molecule has 0 saturated heterocycles. The maximum Gasteiger partial charge on any atom is 0.490 e. The SMILES string of the molecule is COc1ccc(Cn2cc(Nc3nc(C4COc5ccc(OC)cc5C4)nc4ccccc34)cn2)cc1.O=C(O)C(F)(F)F. The molecule has 44 heavy (non-hydrogen) atoms. The van der Waals surface area contributed by atoms with Gasteiger partial charge in [-0.2, -0.15) is 18.3 Å². The first-order chi connectivity index (χ1) is 21.1. The van der Waals surface area contributed by atoms with Crippen molar-refractivity contribution in [3.05, 3.63) is 96.1 Å². The zero-order chi connectivity index (χ0) is 31.3. The van der Waals surface area contributed by atoms with Crippen LogP contribution in [0.25, 0.3) is 10.9 Å². The van der Waals surface area contributed by atoms with E-state index in [2.05, 4.69) is 10.4 Å². The van der Waals surface area contributed by atoms with Gasteiger partial charge in [-0.1, -0.05) is 24.3 Å². The number of carboxylic acid groups (broad SMARTS) is 1. The third-order valence-corrected chi connectivity index (χ3v) is 6.80. The number of hydrogen-bond donors (Lipinski definition) is 2. The zero-order valence-corrected chi connectivity index (χ0v) is 23.7. The molecule has 228 valence electrons. The van der Waals surface area contributed by atoms with E-state index in [0.717, 1.165) is 63.0 Å². The zero-order valence-electron chi connectivity index (χ0n) is 23.7. The standard InChI is InChI=1S/C29H27N5O3.C2HF3O2/c1-35-23-9-7-19(8-10-23)16-34-17-22(15-30-34)31-29-25-5-3-4-6-26(25)32-28(33-29)21-13-20-14-24(36-2)11-12-27(20)37-18-21;3-2(4,5)1(6)7/h3-12,14-15,17,21H,13,16,18H2,1-2H3,(H,31,32,33);(H,6,7). The van der Waals surface area contributed by atoms with Crippen LogP contribution in [0.1, 0.15) is 22.9 Å². The summed E-state index contributed by atoms with van der Waals surface area (Å²) in [7, 11) is 3.34. The summed E-state index contributed by atoms with van der Waals surface area (Å²) in [6.45, 7) is 1.18. The van der Waals surface area contributed by atoms with Crippen LogP contribution in [-0.2, 0) is 17.8 Å². The predicted molar refractivity (Wildman–Crippen MR) is 156 cm³/mol. The van der Waals surface area contributed by atoms with Crippen LogP contribution in [0, 0.1) is 0 Å². The number of fused-ring (bicyclic) bond motifs is 2. The van der Waals surface area contributed by atoms with Crippen LogP contribution < -0.4 is 19.5 Å². The number of nitrogens with zero attached hydrogens (tertiary/aromatic N) is 4. The lowest BCUT2D eigenvalue weighted by atomic mass is 9.95. The van der Waals surface area contributed by atoms with E-state index < -0.39 is 12.1 Å². The number of methoxy groups -OCH3 is 2. The quantitative estimate of drug-likeness (QED) is 0.230. The van der Waals surface area contributed by atoms with E-state index in [0.29, 0.717) is 13.2 Å². The van der Waals surface area contributed by atoms with E-state index in [4.69, 9.17) is 34.1 Å². The van der Waals surface area contributed by atoms with Crippen LogP contribution in [0.2, 0.25) is 0 Å². The van der Waals surface area contributed by atoms with Gasteiger partial charge < -0.3 is 24.6 Å². The molecule has 5 aromatic rings. The first-order valence-electron chi connectivity index (χ1n) is 13.4. The van der Waals surface area contributed by atoms with E-state index in [-0.39, 0.29) is 5.92 Å². The van der Waals surface area contributed by atoms with Crippen molar-refractivity contribution in [1.82, 2.24) is 19.7 Å². The highest BCUT2D eigenvalue weighted by Crippen LogP contribution is 2.35. The summed E-state index contributed by atoms with van der Waals surface area (Å²) in [6.07, 6.45) is -0.510. The molecule has 1 atom stereocenters. The fourth-order valence-electron chi connectivity index (χ4n) is 4.61. The highest BCUT2D eigenvalue weighted by molar-refractivity contribution is 5.90. The summed E-state index contributed by atoms with van der Waals surface area (Å²) in [4.78, 5) is 18.8. The van der Waals surface area contributed by atoms with Gasteiger partial charge in [-0.05, 0) is 60.0 Å². The Kier molecular flexibility index (Phi) is 8.83. The average Bonchev–Trinajstić information content (AvgIpc) is 3.47. The number of aromatic nitrogens is 4. The first kappa shape index (κ1) is 30.1. The summed E-state index contributed by atoms with van der Waals surface area (Å²) in [5.41, 5.74) is 3.98. The van der Waals surface area contributed by atoms with Gasteiger partial charge >= 0.3 is 12.1 Å². The fourth-order valence-corrected chi connectivity index (χ4v) is 4.61. The highest BCUT2D eigenvalue weighted by atomic mass is 19.4. The van der Waals surface area contributed by atoms with Gasteiger partial charge in [0, 0.05) is 11.6 Å². The molecule has 0 amide bonds. The van der Waals surface area contributed by atoms with Crippen LogP contribution in [0.4, 0.5) is 24.7 Å². The molecule has 6 rings (SSSR count). The maximum absolute atomic E-state index is 10.6. The fraction of sp³-hybridized carbons (Fsp3) is 0.226. The Labute approximate surface area is 250 Å². The van der Waals surface area contributed by atoms with Crippen molar-refractivity contribution in [1.29, 1.82) is 0 Å². The van der Waals surface area contributed by atoms with Gasteiger partial charge in [-0.3, -0.25) is 4.68 Å². The minimum Gasteiger partial charge on any atom is -0.497 e. The third kappa shape index (κ3) is 7.17. The van der Waals surface area contributed by atoms with Gasteiger partial charge in [-0.25, -0.2) is 14.8 Å². The number of ether oxygens (including phenoxy) is 3. The third-order valence-electron chi connectivity index (χ3n) is 6.80. The van der Waals surface area contributed by atoms with E-state index in [1.54, 1.807) is 14.2 Å². The molecule has 0 spiro atoms. The molecule has 3 heterocycles. The van der Waals surface area contributed by atoms with Gasteiger partial charge in [0.2, 0.25) is 0 Å². The minimum absolute atomic E-state index is 0.0301. The Morgan fingerprint density at radius 3 is 2.45 bits per heavy atom. The topological polar surface area (TPSA) is 121 Å². The molecule has 0 radical (unpaired) electrons. The van der Waals surface area contributed by atoms with Gasteiger partial charge in [0.1, 0.15) is 28.9 Å². The number of carboxylic acids is 1. The molecule has 3 aromatic carbocycles. The molecular formula is C31H28F3N5O5. The normalized spacial score (nSPS) is 14.1. The van der Waals surface area contributed by atoms with Crippen molar-refractivity contribution in [2.75, 3.05) is 26.1 Å². The number of para-hydroxylation sites is 1. The summed E-state index contributed by atoms with van der Waals surface area (Å²) in [6, 6.07) is 21.9. The minimum atomic E-state index is -5.08. The van der Waals surface area contributed by atoms with E-state index in [1.807, 2.05) is 83.8 Å².